The van der Waals surface area contributed by atoms with E-state index in [4.69, 9.17) is 32.6 Å². The number of benzene rings is 4. The molecule has 1 aliphatic rings. The number of hydrogen-bond donors (Lipinski definition) is 4. The van der Waals surface area contributed by atoms with Crippen molar-refractivity contribution in [3.8, 4) is 11.5 Å². The molecule has 4 aromatic carbocycles. The Balaban J connectivity index is 0.000000270. The SMILES string of the molecule is N=Cc1ccc(OCCNC2CCN(Cc3ccccc3)C2)c2ccccc12.NC(=O)c1ccc(O)c(Cl)c1. The third-order valence-electron chi connectivity index (χ3n) is 6.62. The van der Waals surface area contributed by atoms with Crippen LogP contribution >= 0.6 is 11.6 Å². The number of carbonyl (C=O) groups excluding carboxylic acids is 1. The van der Waals surface area contributed by atoms with E-state index in [9.17, 15) is 4.79 Å². The molecular weight excluding hydrogens is 512 g/mol. The van der Waals surface area contributed by atoms with Gasteiger partial charge in [-0.1, -0.05) is 66.2 Å². The van der Waals surface area contributed by atoms with Gasteiger partial charge in [0.1, 0.15) is 18.1 Å². The van der Waals surface area contributed by atoms with Crippen molar-refractivity contribution < 1.29 is 14.6 Å². The fourth-order valence-corrected chi connectivity index (χ4v) is 4.80. The number of ether oxygens (including phenoxy) is 1. The van der Waals surface area contributed by atoms with Crippen LogP contribution in [-0.4, -0.2) is 54.4 Å². The van der Waals surface area contributed by atoms with Crippen LogP contribution in [0.2, 0.25) is 5.02 Å². The van der Waals surface area contributed by atoms with Crippen LogP contribution in [0.4, 0.5) is 0 Å². The minimum Gasteiger partial charge on any atom is -0.506 e. The molecule has 5 N–H and O–H groups in total. The summed E-state index contributed by atoms with van der Waals surface area (Å²) in [6.45, 7) is 4.74. The fourth-order valence-electron chi connectivity index (χ4n) is 4.62. The van der Waals surface area contributed by atoms with Crippen LogP contribution < -0.4 is 15.8 Å². The highest BCUT2D eigenvalue weighted by atomic mass is 35.5. The van der Waals surface area contributed by atoms with Gasteiger partial charge in [-0.2, -0.15) is 0 Å². The van der Waals surface area contributed by atoms with Crippen LogP contribution in [0.15, 0.2) is 84.9 Å². The summed E-state index contributed by atoms with van der Waals surface area (Å²) in [4.78, 5) is 13.1. The molecule has 5 rings (SSSR count). The number of primary amides is 1. The molecule has 1 fully saturated rings. The van der Waals surface area contributed by atoms with Gasteiger partial charge < -0.3 is 26.3 Å². The molecule has 1 aliphatic heterocycles. The molecule has 0 spiro atoms. The number of halogens is 1. The lowest BCUT2D eigenvalue weighted by molar-refractivity contribution is 0.100. The molecule has 1 saturated heterocycles. The van der Waals surface area contributed by atoms with E-state index in [2.05, 4.69) is 46.6 Å². The van der Waals surface area contributed by atoms with E-state index in [1.54, 1.807) is 0 Å². The summed E-state index contributed by atoms with van der Waals surface area (Å²) in [5.41, 5.74) is 7.54. The molecule has 202 valence electrons. The first-order valence-electron chi connectivity index (χ1n) is 12.9. The number of hydrogen-bond acceptors (Lipinski definition) is 6. The Bertz CT molecular complexity index is 1410. The number of phenols is 1. The number of rotatable bonds is 9. The average Bonchev–Trinajstić information content (AvgIpc) is 3.40. The zero-order valence-electron chi connectivity index (χ0n) is 21.6. The zero-order chi connectivity index (χ0) is 27.6. The molecule has 0 aromatic heterocycles. The van der Waals surface area contributed by atoms with Crippen LogP contribution in [-0.2, 0) is 6.54 Å². The third kappa shape index (κ3) is 7.80. The first-order chi connectivity index (χ1) is 18.9. The van der Waals surface area contributed by atoms with E-state index in [1.165, 1.54) is 36.4 Å². The molecule has 4 aromatic rings. The van der Waals surface area contributed by atoms with Crippen molar-refractivity contribution in [1.82, 2.24) is 10.2 Å². The van der Waals surface area contributed by atoms with Crippen molar-refractivity contribution in [1.29, 1.82) is 5.41 Å². The van der Waals surface area contributed by atoms with Crippen molar-refractivity contribution in [2.45, 2.75) is 19.0 Å². The fraction of sp³-hybridized carbons (Fsp3) is 0.226. The zero-order valence-corrected chi connectivity index (χ0v) is 22.4. The number of amides is 1. The van der Waals surface area contributed by atoms with E-state index < -0.39 is 5.91 Å². The van der Waals surface area contributed by atoms with Gasteiger partial charge in [0.05, 0.1) is 5.02 Å². The normalized spacial score (nSPS) is 14.9. The lowest BCUT2D eigenvalue weighted by atomic mass is 10.0. The number of fused-ring (bicyclic) bond motifs is 1. The van der Waals surface area contributed by atoms with Gasteiger partial charge in [-0.15, -0.1) is 0 Å². The highest BCUT2D eigenvalue weighted by molar-refractivity contribution is 6.32. The quantitative estimate of drug-likeness (QED) is 0.170. The Morgan fingerprint density at radius 3 is 2.54 bits per heavy atom. The highest BCUT2D eigenvalue weighted by Gasteiger charge is 2.21. The van der Waals surface area contributed by atoms with Crippen LogP contribution in [0, 0.1) is 5.41 Å². The maximum absolute atomic E-state index is 10.5. The van der Waals surface area contributed by atoms with E-state index in [0.717, 1.165) is 48.3 Å². The number of nitrogens with zero attached hydrogens (tertiary/aromatic N) is 1. The lowest BCUT2D eigenvalue weighted by Gasteiger charge is -2.17. The predicted octanol–water partition coefficient (Wildman–Crippen LogP) is 5.22. The van der Waals surface area contributed by atoms with Gasteiger partial charge in [0.2, 0.25) is 5.91 Å². The Labute approximate surface area is 233 Å². The van der Waals surface area contributed by atoms with Crippen molar-refractivity contribution in [3.63, 3.8) is 0 Å². The molecule has 1 atom stereocenters. The van der Waals surface area contributed by atoms with Crippen molar-refractivity contribution in [3.05, 3.63) is 107 Å². The summed E-state index contributed by atoms with van der Waals surface area (Å²) in [7, 11) is 0. The lowest BCUT2D eigenvalue weighted by Crippen LogP contribution is -2.35. The number of carbonyl (C=O) groups is 1. The second kappa shape index (κ2) is 13.8. The number of aromatic hydroxyl groups is 1. The van der Waals surface area contributed by atoms with Crippen molar-refractivity contribution >= 4 is 34.5 Å². The first-order valence-corrected chi connectivity index (χ1v) is 13.3. The Kier molecular flexibility index (Phi) is 9.91. The van der Waals surface area contributed by atoms with Gasteiger partial charge in [0, 0.05) is 54.9 Å². The second-order valence-corrected chi connectivity index (χ2v) is 9.79. The Morgan fingerprint density at radius 1 is 1.08 bits per heavy atom. The van der Waals surface area contributed by atoms with Crippen LogP contribution in [0.1, 0.15) is 27.9 Å². The summed E-state index contributed by atoms with van der Waals surface area (Å²) < 4.78 is 6.05. The number of likely N-dealkylation sites (tertiary alicyclic amines) is 1. The van der Waals surface area contributed by atoms with E-state index in [0.29, 0.717) is 12.6 Å². The van der Waals surface area contributed by atoms with Gasteiger partial charge >= 0.3 is 0 Å². The van der Waals surface area contributed by atoms with Gasteiger partial charge in [-0.3, -0.25) is 9.69 Å². The van der Waals surface area contributed by atoms with Crippen LogP contribution in [0.3, 0.4) is 0 Å². The van der Waals surface area contributed by atoms with Gasteiger partial charge in [0.15, 0.2) is 0 Å². The number of phenolic OH excluding ortho intramolecular Hbond substituents is 1. The largest absolute Gasteiger partial charge is 0.506 e. The molecule has 0 aliphatic carbocycles. The molecule has 0 saturated carbocycles. The Morgan fingerprint density at radius 2 is 1.82 bits per heavy atom. The maximum atomic E-state index is 10.5. The molecule has 1 unspecified atom stereocenters. The number of nitrogens with two attached hydrogens (primary N) is 1. The van der Waals surface area contributed by atoms with E-state index >= 15 is 0 Å². The van der Waals surface area contributed by atoms with Gasteiger partial charge in [0.25, 0.3) is 0 Å². The Hall–Kier alpha value is -3.91. The first kappa shape index (κ1) is 28.1. The van der Waals surface area contributed by atoms with Gasteiger partial charge in [-0.05, 0) is 47.7 Å². The summed E-state index contributed by atoms with van der Waals surface area (Å²) in [6.07, 6.45) is 2.58. The number of nitrogens with one attached hydrogen (secondary N) is 2. The van der Waals surface area contributed by atoms with Crippen molar-refractivity contribution in [2.24, 2.45) is 5.73 Å². The molecule has 39 heavy (non-hydrogen) atoms. The molecule has 8 heteroatoms. The summed E-state index contributed by atoms with van der Waals surface area (Å²) >= 11 is 5.50. The maximum Gasteiger partial charge on any atom is 0.248 e. The third-order valence-corrected chi connectivity index (χ3v) is 6.92. The van der Waals surface area contributed by atoms with E-state index in [-0.39, 0.29) is 16.3 Å². The standard InChI is InChI=1S/C24H27N3O.C7H6ClNO2/c25-16-20-10-11-24(23-9-5-4-8-22(20)23)28-15-13-26-21-12-14-27(18-21)17-19-6-2-1-3-7-19;8-5-3-4(7(9)11)1-2-6(5)10/h1-11,16,21,25-26H,12-15,17-18H2;1-3,10H,(H2,9,11). The smallest absolute Gasteiger partial charge is 0.248 e. The highest BCUT2D eigenvalue weighted by Crippen LogP contribution is 2.28. The molecule has 1 amide bonds. The molecule has 0 radical (unpaired) electrons. The summed E-state index contributed by atoms with van der Waals surface area (Å²) in [5, 5.41) is 22.4. The monoisotopic (exact) mass is 544 g/mol. The molecular formula is C31H33ClN4O3. The topological polar surface area (TPSA) is 112 Å². The minimum atomic E-state index is -0.563. The predicted molar refractivity (Wildman–Crippen MR) is 157 cm³/mol. The molecule has 0 bridgehead atoms. The van der Waals surface area contributed by atoms with Crippen LogP contribution in [0.5, 0.6) is 11.5 Å². The summed E-state index contributed by atoms with van der Waals surface area (Å²) in [6, 6.07) is 27.3. The summed E-state index contributed by atoms with van der Waals surface area (Å²) in [5.74, 6) is 0.267. The second-order valence-electron chi connectivity index (χ2n) is 9.38. The minimum absolute atomic E-state index is 0.0586. The average molecular weight is 545 g/mol. The molecule has 1 heterocycles. The van der Waals surface area contributed by atoms with Crippen molar-refractivity contribution in [2.75, 3.05) is 26.2 Å². The van der Waals surface area contributed by atoms with Gasteiger partial charge in [-0.25, -0.2) is 0 Å². The van der Waals surface area contributed by atoms with Crippen LogP contribution in [0.25, 0.3) is 10.8 Å². The molecule has 7 nitrogen and oxygen atoms in total. The van der Waals surface area contributed by atoms with E-state index in [1.807, 2.05) is 30.3 Å².